The van der Waals surface area contributed by atoms with Gasteiger partial charge in [-0.15, -0.1) is 0 Å². The Morgan fingerprint density at radius 2 is 1.93 bits per heavy atom. The summed E-state index contributed by atoms with van der Waals surface area (Å²) in [5.41, 5.74) is 1.20. The molecule has 6 heteroatoms. The second kappa shape index (κ2) is 10.1. The molecule has 6 nitrogen and oxygen atoms in total. The van der Waals surface area contributed by atoms with Crippen LogP contribution < -0.4 is 10.1 Å². The number of amides is 2. The van der Waals surface area contributed by atoms with Crippen molar-refractivity contribution in [2.45, 2.75) is 45.2 Å². The van der Waals surface area contributed by atoms with Gasteiger partial charge >= 0.3 is 6.03 Å². The van der Waals surface area contributed by atoms with E-state index in [4.69, 9.17) is 9.47 Å². The Bertz CT molecular complexity index is 610. The summed E-state index contributed by atoms with van der Waals surface area (Å²) in [5, 5.41) is 3.23. The number of carbonyl (C=O) groups is 1. The zero-order valence-corrected chi connectivity index (χ0v) is 17.5. The van der Waals surface area contributed by atoms with Gasteiger partial charge in [0.15, 0.2) is 0 Å². The molecule has 0 bridgehead atoms. The molecule has 1 atom stereocenters. The molecule has 1 aliphatic heterocycles. The summed E-state index contributed by atoms with van der Waals surface area (Å²) in [5.74, 6) is 1.46. The minimum Gasteiger partial charge on any atom is -0.497 e. The van der Waals surface area contributed by atoms with Gasteiger partial charge < -0.3 is 19.7 Å². The van der Waals surface area contributed by atoms with Crippen molar-refractivity contribution in [3.05, 3.63) is 29.8 Å². The van der Waals surface area contributed by atoms with Crippen molar-refractivity contribution in [2.24, 2.45) is 5.92 Å². The van der Waals surface area contributed by atoms with Crippen LogP contribution >= 0.6 is 0 Å². The molecular weight excluding hydrogens is 354 g/mol. The summed E-state index contributed by atoms with van der Waals surface area (Å²) in [6.45, 7) is 9.11. The highest BCUT2D eigenvalue weighted by atomic mass is 16.5. The maximum Gasteiger partial charge on any atom is 0.317 e. The molecule has 1 aliphatic carbocycles. The van der Waals surface area contributed by atoms with Gasteiger partial charge in [-0.05, 0) is 42.9 Å². The molecule has 1 aromatic rings. The van der Waals surface area contributed by atoms with Crippen LogP contribution in [0.15, 0.2) is 24.3 Å². The molecule has 1 N–H and O–H groups in total. The van der Waals surface area contributed by atoms with Gasteiger partial charge in [0.2, 0.25) is 0 Å². The van der Waals surface area contributed by atoms with E-state index in [0.29, 0.717) is 18.5 Å². The molecule has 1 saturated carbocycles. The van der Waals surface area contributed by atoms with Crippen molar-refractivity contribution in [3.63, 3.8) is 0 Å². The third kappa shape index (κ3) is 5.85. The van der Waals surface area contributed by atoms with E-state index < -0.39 is 0 Å². The fourth-order valence-electron chi connectivity index (χ4n) is 3.69. The van der Waals surface area contributed by atoms with E-state index in [9.17, 15) is 4.79 Å². The number of benzene rings is 1. The summed E-state index contributed by atoms with van der Waals surface area (Å²) < 4.78 is 10.8. The Balaban J connectivity index is 1.65. The van der Waals surface area contributed by atoms with E-state index in [1.165, 1.54) is 5.56 Å². The number of hydrogen-bond donors (Lipinski definition) is 1. The average Bonchev–Trinajstić information content (AvgIpc) is 3.54. The van der Waals surface area contributed by atoms with Crippen molar-refractivity contribution < 1.29 is 14.3 Å². The summed E-state index contributed by atoms with van der Waals surface area (Å²) in [7, 11) is 1.68. The molecule has 2 fully saturated rings. The molecule has 0 radical (unpaired) electrons. The van der Waals surface area contributed by atoms with E-state index in [-0.39, 0.29) is 12.1 Å². The molecule has 2 aliphatic rings. The molecule has 1 heterocycles. The van der Waals surface area contributed by atoms with Gasteiger partial charge in [-0.3, -0.25) is 4.90 Å². The van der Waals surface area contributed by atoms with Crippen LogP contribution in [-0.4, -0.2) is 68.4 Å². The molecule has 2 amide bonds. The Morgan fingerprint density at radius 3 is 2.50 bits per heavy atom. The first-order valence-corrected chi connectivity index (χ1v) is 10.6. The van der Waals surface area contributed by atoms with Crippen LogP contribution in [-0.2, 0) is 4.74 Å². The lowest BCUT2D eigenvalue weighted by molar-refractivity contribution is 0.0164. The van der Waals surface area contributed by atoms with Crippen molar-refractivity contribution in [1.29, 1.82) is 0 Å². The van der Waals surface area contributed by atoms with Gasteiger partial charge in [0.25, 0.3) is 0 Å². The molecule has 3 rings (SSSR count). The van der Waals surface area contributed by atoms with Crippen LogP contribution in [0.2, 0.25) is 0 Å². The Hall–Kier alpha value is -1.79. The Kier molecular flexibility index (Phi) is 7.57. The monoisotopic (exact) mass is 389 g/mol. The first kappa shape index (κ1) is 20.9. The lowest BCUT2D eigenvalue weighted by Gasteiger charge is -2.35. The highest BCUT2D eigenvalue weighted by molar-refractivity contribution is 5.75. The molecule has 0 aromatic heterocycles. The predicted molar refractivity (Wildman–Crippen MR) is 111 cm³/mol. The smallest absolute Gasteiger partial charge is 0.317 e. The zero-order valence-electron chi connectivity index (χ0n) is 17.5. The predicted octanol–water partition coefficient (Wildman–Crippen LogP) is 3.29. The number of carbonyl (C=O) groups excluding carboxylic acids is 1. The second-order valence-electron chi connectivity index (χ2n) is 8.23. The lowest BCUT2D eigenvalue weighted by atomic mass is 10.0. The number of rotatable bonds is 9. The van der Waals surface area contributed by atoms with E-state index >= 15 is 0 Å². The Labute approximate surface area is 169 Å². The van der Waals surface area contributed by atoms with Crippen LogP contribution in [0.25, 0.3) is 0 Å². The summed E-state index contributed by atoms with van der Waals surface area (Å²) in [6.07, 6.45) is 3.32. The van der Waals surface area contributed by atoms with E-state index in [1.807, 2.05) is 17.0 Å². The summed E-state index contributed by atoms with van der Waals surface area (Å²) in [4.78, 5) is 17.4. The maximum atomic E-state index is 12.9. The number of nitrogens with one attached hydrogen (secondary N) is 1. The average molecular weight is 390 g/mol. The third-order valence-corrected chi connectivity index (χ3v) is 5.63. The summed E-state index contributed by atoms with van der Waals surface area (Å²) >= 11 is 0. The quantitative estimate of drug-likeness (QED) is 0.704. The van der Waals surface area contributed by atoms with Crippen LogP contribution in [0.1, 0.15) is 44.7 Å². The first-order chi connectivity index (χ1) is 13.6. The lowest BCUT2D eigenvalue weighted by Crippen LogP contribution is -2.47. The van der Waals surface area contributed by atoms with Crippen molar-refractivity contribution in [3.8, 4) is 5.75 Å². The molecular formula is C22H35N3O3. The van der Waals surface area contributed by atoms with Crippen molar-refractivity contribution in [1.82, 2.24) is 15.1 Å². The fourth-order valence-corrected chi connectivity index (χ4v) is 3.69. The van der Waals surface area contributed by atoms with Crippen LogP contribution in [0.4, 0.5) is 4.79 Å². The number of urea groups is 1. The van der Waals surface area contributed by atoms with Gasteiger partial charge in [-0.25, -0.2) is 4.79 Å². The van der Waals surface area contributed by atoms with Gasteiger partial charge in [-0.2, -0.15) is 0 Å². The van der Waals surface area contributed by atoms with Gasteiger partial charge in [0.05, 0.1) is 26.4 Å². The normalized spacial score (nSPS) is 18.7. The summed E-state index contributed by atoms with van der Waals surface area (Å²) in [6, 6.07) is 8.83. The SMILES string of the molecule is COc1ccc(C(CNC(=O)N(CCC(C)C)C2CC2)N2CCOCC2)cc1. The van der Waals surface area contributed by atoms with Gasteiger partial charge in [0.1, 0.15) is 5.75 Å². The molecule has 1 aromatic carbocycles. The maximum absolute atomic E-state index is 12.9. The highest BCUT2D eigenvalue weighted by Crippen LogP contribution is 2.28. The molecule has 1 unspecified atom stereocenters. The fraction of sp³-hybridized carbons (Fsp3) is 0.682. The zero-order chi connectivity index (χ0) is 19.9. The molecule has 0 spiro atoms. The van der Waals surface area contributed by atoms with Crippen molar-refractivity contribution in [2.75, 3.05) is 46.5 Å². The number of ether oxygens (including phenoxy) is 2. The highest BCUT2D eigenvalue weighted by Gasteiger charge is 2.33. The molecule has 1 saturated heterocycles. The minimum atomic E-state index is 0.0786. The third-order valence-electron chi connectivity index (χ3n) is 5.63. The second-order valence-corrected chi connectivity index (χ2v) is 8.23. The van der Waals surface area contributed by atoms with E-state index in [1.54, 1.807) is 7.11 Å². The molecule has 28 heavy (non-hydrogen) atoms. The van der Waals surface area contributed by atoms with Gasteiger partial charge in [0, 0.05) is 32.2 Å². The standard InChI is InChI=1S/C22H35N3O3/c1-17(2)10-11-25(19-6-7-19)22(26)23-16-21(24-12-14-28-15-13-24)18-4-8-20(27-3)9-5-18/h4-5,8-9,17,19,21H,6-7,10-16H2,1-3H3,(H,23,26). The van der Waals surface area contributed by atoms with E-state index in [0.717, 1.165) is 57.9 Å². The topological polar surface area (TPSA) is 54.0 Å². The van der Waals surface area contributed by atoms with Crippen LogP contribution in [0, 0.1) is 5.92 Å². The molecule has 156 valence electrons. The number of morpholine rings is 1. The first-order valence-electron chi connectivity index (χ1n) is 10.6. The minimum absolute atomic E-state index is 0.0786. The number of nitrogens with zero attached hydrogens (tertiary/aromatic N) is 2. The number of hydrogen-bond acceptors (Lipinski definition) is 4. The van der Waals surface area contributed by atoms with Crippen LogP contribution in [0.5, 0.6) is 5.75 Å². The largest absolute Gasteiger partial charge is 0.497 e. The van der Waals surface area contributed by atoms with Crippen molar-refractivity contribution >= 4 is 6.03 Å². The van der Waals surface area contributed by atoms with Gasteiger partial charge in [-0.1, -0.05) is 26.0 Å². The van der Waals surface area contributed by atoms with E-state index in [2.05, 4.69) is 36.2 Å². The Morgan fingerprint density at radius 1 is 1.25 bits per heavy atom. The van der Waals surface area contributed by atoms with Crippen LogP contribution in [0.3, 0.4) is 0 Å². The number of methoxy groups -OCH3 is 1.